The van der Waals surface area contributed by atoms with Crippen LogP contribution in [0.25, 0.3) is 0 Å². The summed E-state index contributed by atoms with van der Waals surface area (Å²) < 4.78 is 5.47. The molecule has 36 heavy (non-hydrogen) atoms. The fraction of sp³-hybridized carbons (Fsp3) is 0.357. The number of ether oxygens (including phenoxy) is 1. The largest absolute Gasteiger partial charge is 0.423 e. The van der Waals surface area contributed by atoms with E-state index in [1.165, 1.54) is 22.6 Å². The van der Waals surface area contributed by atoms with Gasteiger partial charge in [-0.15, -0.1) is 11.3 Å². The highest BCUT2D eigenvalue weighted by Gasteiger charge is 2.37. The van der Waals surface area contributed by atoms with Crippen molar-refractivity contribution in [3.05, 3.63) is 79.6 Å². The summed E-state index contributed by atoms with van der Waals surface area (Å²) in [5.41, 5.74) is 3.43. The molecular formula is C28H28Cl2N2O3S. The highest BCUT2D eigenvalue weighted by atomic mass is 35.5. The molecular weight excluding hydrogens is 515 g/mol. The first kappa shape index (κ1) is 25.1. The van der Waals surface area contributed by atoms with Crippen molar-refractivity contribution in [1.29, 1.82) is 0 Å². The quantitative estimate of drug-likeness (QED) is 0.256. The van der Waals surface area contributed by atoms with E-state index < -0.39 is 5.97 Å². The van der Waals surface area contributed by atoms with Gasteiger partial charge in [-0.2, -0.15) is 0 Å². The monoisotopic (exact) mass is 542 g/mol. The Labute approximate surface area is 225 Å². The van der Waals surface area contributed by atoms with Crippen molar-refractivity contribution in [2.45, 2.75) is 52.6 Å². The fourth-order valence-electron chi connectivity index (χ4n) is 4.97. The van der Waals surface area contributed by atoms with Crippen LogP contribution in [0.5, 0.6) is 5.75 Å². The predicted octanol–water partition coefficient (Wildman–Crippen LogP) is 7.67. The maximum absolute atomic E-state index is 13.1. The average Bonchev–Trinajstić information content (AvgIpc) is 3.22. The molecule has 5 nitrogen and oxygen atoms in total. The summed E-state index contributed by atoms with van der Waals surface area (Å²) in [6.07, 6.45) is 3.90. The summed E-state index contributed by atoms with van der Waals surface area (Å²) in [4.78, 5) is 27.0. The Morgan fingerprint density at radius 1 is 1.14 bits per heavy atom. The predicted molar refractivity (Wildman–Crippen MR) is 146 cm³/mol. The standard InChI is InChI=1S/C28H28Cl2N2O3S/c1-4-28(2,3)16-7-11-20-22(13-16)36-26-23(20)25(33)31-24(32-26)15-5-9-18(10-6-15)35-27(34)19-12-8-17(29)14-21(19)30/h5-6,8-10,12,14,16,24,32H,4,7,11,13H2,1-3H3,(H,31,33)/t16-,24-/m1/s1. The number of nitrogens with one attached hydrogen (secondary N) is 2. The third-order valence-corrected chi connectivity index (χ3v) is 9.37. The van der Waals surface area contributed by atoms with Gasteiger partial charge in [0.05, 0.1) is 16.1 Å². The molecule has 1 amide bonds. The number of anilines is 1. The van der Waals surface area contributed by atoms with E-state index in [4.69, 9.17) is 27.9 Å². The van der Waals surface area contributed by atoms with E-state index in [9.17, 15) is 9.59 Å². The van der Waals surface area contributed by atoms with Crippen molar-refractivity contribution < 1.29 is 14.3 Å². The number of carbonyl (C=O) groups excluding carboxylic acids is 2. The third-order valence-electron chi connectivity index (χ3n) is 7.63. The van der Waals surface area contributed by atoms with E-state index in [1.54, 1.807) is 29.5 Å². The second-order valence-corrected chi connectivity index (χ2v) is 12.1. The van der Waals surface area contributed by atoms with Crippen molar-refractivity contribution in [3.8, 4) is 5.75 Å². The van der Waals surface area contributed by atoms with Crippen molar-refractivity contribution in [1.82, 2.24) is 5.32 Å². The van der Waals surface area contributed by atoms with Gasteiger partial charge in [0.2, 0.25) is 0 Å². The molecule has 2 N–H and O–H groups in total. The SMILES string of the molecule is CCC(C)(C)[C@@H]1CCc2c(sc3c2C(=O)N[C@@H](c2ccc(OC(=O)c4ccc(Cl)cc4Cl)cc2)N3)C1. The van der Waals surface area contributed by atoms with Crippen LogP contribution in [-0.4, -0.2) is 11.9 Å². The van der Waals surface area contributed by atoms with E-state index in [0.717, 1.165) is 41.8 Å². The lowest BCUT2D eigenvalue weighted by Gasteiger charge is -2.36. The molecule has 1 aliphatic carbocycles. The molecule has 188 valence electrons. The molecule has 3 aromatic rings. The Hall–Kier alpha value is -2.54. The summed E-state index contributed by atoms with van der Waals surface area (Å²) in [5.74, 6) is 0.417. The minimum atomic E-state index is -0.563. The number of carbonyl (C=O) groups is 2. The summed E-state index contributed by atoms with van der Waals surface area (Å²) >= 11 is 13.7. The number of benzene rings is 2. The molecule has 1 aliphatic heterocycles. The number of esters is 1. The topological polar surface area (TPSA) is 67.4 Å². The molecule has 0 saturated heterocycles. The van der Waals surface area contributed by atoms with Crippen LogP contribution in [0, 0.1) is 11.3 Å². The van der Waals surface area contributed by atoms with Gasteiger partial charge in [0.1, 0.15) is 16.9 Å². The average molecular weight is 544 g/mol. The van der Waals surface area contributed by atoms with Gasteiger partial charge in [0.15, 0.2) is 0 Å². The van der Waals surface area contributed by atoms with Crippen LogP contribution in [0.2, 0.25) is 10.0 Å². The maximum Gasteiger partial charge on any atom is 0.345 e. The van der Waals surface area contributed by atoms with E-state index in [0.29, 0.717) is 22.1 Å². The number of fused-ring (bicyclic) bond motifs is 3. The molecule has 0 spiro atoms. The van der Waals surface area contributed by atoms with Gasteiger partial charge in [-0.3, -0.25) is 4.79 Å². The molecule has 5 rings (SSSR count). The van der Waals surface area contributed by atoms with Gasteiger partial charge in [-0.1, -0.05) is 62.5 Å². The van der Waals surface area contributed by atoms with Crippen LogP contribution in [-0.2, 0) is 12.8 Å². The smallest absolute Gasteiger partial charge is 0.345 e. The number of rotatable bonds is 5. The first-order valence-corrected chi connectivity index (χ1v) is 13.7. The van der Waals surface area contributed by atoms with Crippen LogP contribution in [0.4, 0.5) is 5.00 Å². The van der Waals surface area contributed by atoms with Gasteiger partial charge < -0.3 is 15.4 Å². The number of hydrogen-bond acceptors (Lipinski definition) is 5. The summed E-state index contributed by atoms with van der Waals surface area (Å²) in [5, 5.41) is 8.23. The zero-order valence-corrected chi connectivity index (χ0v) is 22.7. The Balaban J connectivity index is 1.30. The number of amides is 1. The van der Waals surface area contributed by atoms with Gasteiger partial charge in [0.25, 0.3) is 5.91 Å². The Bertz CT molecular complexity index is 1330. The molecule has 2 aliphatic rings. The summed E-state index contributed by atoms with van der Waals surface area (Å²) in [7, 11) is 0. The normalized spacial score (nSPS) is 19.1. The second-order valence-electron chi connectivity index (χ2n) is 10.1. The van der Waals surface area contributed by atoms with Gasteiger partial charge in [-0.05, 0) is 72.1 Å². The zero-order valence-electron chi connectivity index (χ0n) is 20.4. The molecule has 0 unspecified atom stereocenters. The van der Waals surface area contributed by atoms with Crippen molar-refractivity contribution in [3.63, 3.8) is 0 Å². The van der Waals surface area contributed by atoms with Crippen LogP contribution in [0.1, 0.15) is 76.5 Å². The zero-order chi connectivity index (χ0) is 25.6. The van der Waals surface area contributed by atoms with Gasteiger partial charge in [0, 0.05) is 9.90 Å². The summed E-state index contributed by atoms with van der Waals surface area (Å²) in [6.45, 7) is 6.96. The van der Waals surface area contributed by atoms with Crippen molar-refractivity contribution in [2.75, 3.05) is 5.32 Å². The minimum absolute atomic E-state index is 0.0349. The van der Waals surface area contributed by atoms with E-state index in [2.05, 4.69) is 31.4 Å². The van der Waals surface area contributed by atoms with Crippen molar-refractivity contribution >= 4 is 51.4 Å². The first-order chi connectivity index (χ1) is 17.2. The lowest BCUT2D eigenvalue weighted by Crippen LogP contribution is -2.38. The highest BCUT2D eigenvalue weighted by Crippen LogP contribution is 2.47. The lowest BCUT2D eigenvalue weighted by atomic mass is 9.69. The Morgan fingerprint density at radius 3 is 2.58 bits per heavy atom. The molecule has 1 aromatic heterocycles. The van der Waals surface area contributed by atoms with Crippen molar-refractivity contribution in [2.24, 2.45) is 11.3 Å². The molecule has 8 heteroatoms. The van der Waals surface area contributed by atoms with E-state index in [1.807, 2.05) is 12.1 Å². The fourth-order valence-corrected chi connectivity index (χ4v) is 6.80. The molecule has 0 saturated carbocycles. The van der Waals surface area contributed by atoms with E-state index >= 15 is 0 Å². The number of thiophene rings is 1. The maximum atomic E-state index is 13.1. The Morgan fingerprint density at radius 2 is 1.89 bits per heavy atom. The van der Waals surface area contributed by atoms with Crippen LogP contribution in [0.15, 0.2) is 42.5 Å². The molecule has 0 radical (unpaired) electrons. The van der Waals surface area contributed by atoms with Gasteiger partial charge in [-0.25, -0.2) is 4.79 Å². The number of halogens is 2. The van der Waals surface area contributed by atoms with Crippen LogP contribution < -0.4 is 15.4 Å². The Kier molecular flexibility index (Phi) is 6.79. The molecule has 0 fully saturated rings. The van der Waals surface area contributed by atoms with Gasteiger partial charge >= 0.3 is 5.97 Å². The number of hydrogen-bond donors (Lipinski definition) is 2. The van der Waals surface area contributed by atoms with Crippen LogP contribution in [0.3, 0.4) is 0 Å². The minimum Gasteiger partial charge on any atom is -0.423 e. The second kappa shape index (κ2) is 9.73. The molecule has 2 aromatic carbocycles. The van der Waals surface area contributed by atoms with E-state index in [-0.39, 0.29) is 22.7 Å². The molecule has 2 atom stereocenters. The first-order valence-electron chi connectivity index (χ1n) is 12.2. The highest BCUT2D eigenvalue weighted by molar-refractivity contribution is 7.16. The lowest BCUT2D eigenvalue weighted by molar-refractivity contribution is 0.0734. The summed E-state index contributed by atoms with van der Waals surface area (Å²) in [6, 6.07) is 11.7. The molecule has 0 bridgehead atoms. The van der Waals surface area contributed by atoms with Crippen LogP contribution >= 0.6 is 34.5 Å². The molecule has 2 heterocycles. The third kappa shape index (κ3) is 4.74.